The van der Waals surface area contributed by atoms with E-state index in [4.69, 9.17) is 21.5 Å². The van der Waals surface area contributed by atoms with Crippen LogP contribution in [0.15, 0.2) is 21.5 Å². The van der Waals surface area contributed by atoms with Gasteiger partial charge in [-0.1, -0.05) is 27.5 Å². The van der Waals surface area contributed by atoms with E-state index < -0.39 is 15.9 Å². The Kier molecular flexibility index (Phi) is 5.96. The van der Waals surface area contributed by atoms with Gasteiger partial charge in [-0.2, -0.15) is 0 Å². The summed E-state index contributed by atoms with van der Waals surface area (Å²) in [6.07, 6.45) is 0. The van der Waals surface area contributed by atoms with Gasteiger partial charge in [0.1, 0.15) is 4.90 Å². The Bertz CT molecular complexity index is 621. The van der Waals surface area contributed by atoms with Crippen molar-refractivity contribution < 1.29 is 17.9 Å². The van der Waals surface area contributed by atoms with Crippen molar-refractivity contribution in [1.29, 1.82) is 0 Å². The summed E-state index contributed by atoms with van der Waals surface area (Å²) in [5.41, 5.74) is 0.0213. The van der Waals surface area contributed by atoms with Gasteiger partial charge in [0.25, 0.3) is 5.91 Å². The number of primary sulfonamides is 1. The first kappa shape index (κ1) is 17.4. The highest BCUT2D eigenvalue weighted by atomic mass is 79.9. The third kappa shape index (κ3) is 4.42. The van der Waals surface area contributed by atoms with Crippen LogP contribution in [0.5, 0.6) is 0 Å². The Morgan fingerprint density at radius 3 is 2.65 bits per heavy atom. The molecule has 1 atom stereocenters. The lowest BCUT2D eigenvalue weighted by molar-refractivity contribution is 0.0905. The molecule has 0 radical (unpaired) electrons. The fourth-order valence-electron chi connectivity index (χ4n) is 1.53. The van der Waals surface area contributed by atoms with E-state index in [9.17, 15) is 13.2 Å². The van der Waals surface area contributed by atoms with Crippen molar-refractivity contribution >= 4 is 43.5 Å². The second kappa shape index (κ2) is 6.86. The van der Waals surface area contributed by atoms with Crippen molar-refractivity contribution in [3.8, 4) is 0 Å². The molecule has 20 heavy (non-hydrogen) atoms. The maximum absolute atomic E-state index is 12.1. The molecule has 0 heterocycles. The fraction of sp³-hybridized carbons (Fsp3) is 0.364. The number of carbonyl (C=O) groups excluding carboxylic acids is 1. The van der Waals surface area contributed by atoms with Crippen molar-refractivity contribution in [2.24, 2.45) is 5.14 Å². The minimum absolute atomic E-state index is 0.0213. The van der Waals surface area contributed by atoms with Crippen LogP contribution in [0.1, 0.15) is 17.3 Å². The molecule has 1 aromatic rings. The zero-order valence-corrected chi connectivity index (χ0v) is 14.0. The molecular weight excluding hydrogens is 372 g/mol. The number of hydrogen-bond donors (Lipinski definition) is 2. The van der Waals surface area contributed by atoms with Crippen molar-refractivity contribution in [3.05, 3.63) is 27.2 Å². The Hall–Kier alpha value is -0.670. The van der Waals surface area contributed by atoms with Gasteiger partial charge in [-0.05, 0) is 19.1 Å². The average molecular weight is 386 g/mol. The molecule has 0 bridgehead atoms. The number of nitrogens with two attached hydrogens (primary N) is 1. The Morgan fingerprint density at radius 2 is 2.15 bits per heavy atom. The molecule has 0 aliphatic heterocycles. The molecule has 0 fully saturated rings. The van der Waals surface area contributed by atoms with E-state index in [1.165, 1.54) is 19.2 Å². The largest absolute Gasteiger partial charge is 0.383 e. The van der Waals surface area contributed by atoms with Crippen molar-refractivity contribution in [2.75, 3.05) is 13.7 Å². The predicted molar refractivity (Wildman–Crippen MR) is 79.3 cm³/mol. The summed E-state index contributed by atoms with van der Waals surface area (Å²) < 4.78 is 28.1. The topological polar surface area (TPSA) is 98.5 Å². The lowest BCUT2D eigenvalue weighted by Crippen LogP contribution is -2.36. The molecule has 0 aliphatic rings. The van der Waals surface area contributed by atoms with Crippen molar-refractivity contribution in [3.63, 3.8) is 0 Å². The minimum atomic E-state index is -4.02. The van der Waals surface area contributed by atoms with Gasteiger partial charge < -0.3 is 10.1 Å². The summed E-state index contributed by atoms with van der Waals surface area (Å²) in [4.78, 5) is 11.8. The number of rotatable bonds is 5. The number of carbonyl (C=O) groups is 1. The number of nitrogens with one attached hydrogen (secondary N) is 1. The number of amides is 1. The number of methoxy groups -OCH3 is 1. The number of hydrogen-bond acceptors (Lipinski definition) is 4. The summed E-state index contributed by atoms with van der Waals surface area (Å²) >= 11 is 9.07. The zero-order chi connectivity index (χ0) is 15.5. The van der Waals surface area contributed by atoms with Gasteiger partial charge in [0.2, 0.25) is 10.0 Å². The summed E-state index contributed by atoms with van der Waals surface area (Å²) in [6.45, 7) is 2.06. The Balaban J connectivity index is 3.19. The van der Waals surface area contributed by atoms with Gasteiger partial charge in [-0.15, -0.1) is 0 Å². The van der Waals surface area contributed by atoms with E-state index in [2.05, 4.69) is 21.2 Å². The molecule has 1 rings (SSSR count). The molecule has 1 amide bonds. The molecular formula is C11H14BrClN2O4S. The van der Waals surface area contributed by atoms with Crippen LogP contribution in [-0.4, -0.2) is 34.1 Å². The van der Waals surface area contributed by atoms with Crippen molar-refractivity contribution in [2.45, 2.75) is 17.9 Å². The maximum atomic E-state index is 12.1. The van der Waals surface area contributed by atoms with Crippen LogP contribution in [0.2, 0.25) is 5.02 Å². The molecule has 0 aromatic heterocycles. The molecule has 1 unspecified atom stereocenters. The van der Waals surface area contributed by atoms with Crippen LogP contribution in [0.4, 0.5) is 0 Å². The summed E-state index contributed by atoms with van der Waals surface area (Å²) in [6, 6.07) is 2.42. The molecule has 0 saturated heterocycles. The van der Waals surface area contributed by atoms with E-state index >= 15 is 0 Å². The second-order valence-corrected chi connectivity index (χ2v) is 6.96. The quantitative estimate of drug-likeness (QED) is 0.802. The molecule has 6 nitrogen and oxygen atoms in total. The third-order valence-corrected chi connectivity index (χ3v) is 4.26. The molecule has 9 heteroatoms. The first-order chi connectivity index (χ1) is 9.16. The third-order valence-electron chi connectivity index (χ3n) is 2.35. The van der Waals surface area contributed by atoms with E-state index in [0.29, 0.717) is 11.1 Å². The van der Waals surface area contributed by atoms with Crippen LogP contribution < -0.4 is 10.5 Å². The first-order valence-corrected chi connectivity index (χ1v) is 8.20. The fourth-order valence-corrected chi connectivity index (χ4v) is 3.31. The first-order valence-electron chi connectivity index (χ1n) is 5.48. The standard InChI is InChI=1S/C11H14BrClN2O4S/c1-6(5-19-2)15-11(16)8-3-7(12)4-9(10(8)13)20(14,17)18/h3-4,6H,5H2,1-2H3,(H,15,16)(H2,14,17,18). The molecule has 0 saturated carbocycles. The number of halogens is 2. The van der Waals surface area contributed by atoms with E-state index in [0.717, 1.165) is 0 Å². The summed E-state index contributed by atoms with van der Waals surface area (Å²) in [5, 5.41) is 7.49. The lowest BCUT2D eigenvalue weighted by Gasteiger charge is -2.14. The molecule has 112 valence electrons. The normalized spacial score (nSPS) is 13.1. The van der Waals surface area contributed by atoms with Gasteiger partial charge >= 0.3 is 0 Å². The van der Waals surface area contributed by atoms with Crippen LogP contribution in [0.25, 0.3) is 0 Å². The second-order valence-electron chi connectivity index (χ2n) is 4.14. The number of ether oxygens (including phenoxy) is 1. The predicted octanol–water partition coefficient (Wildman–Crippen LogP) is 1.51. The van der Waals surface area contributed by atoms with Gasteiger partial charge in [-0.25, -0.2) is 13.6 Å². The van der Waals surface area contributed by atoms with Gasteiger partial charge in [0.05, 0.1) is 17.2 Å². The molecule has 1 aromatic carbocycles. The molecule has 0 aliphatic carbocycles. The average Bonchev–Trinajstić information content (AvgIpc) is 2.30. The highest BCUT2D eigenvalue weighted by molar-refractivity contribution is 9.10. The maximum Gasteiger partial charge on any atom is 0.253 e. The summed E-state index contributed by atoms with van der Waals surface area (Å²) in [7, 11) is -2.51. The SMILES string of the molecule is COCC(C)NC(=O)c1cc(Br)cc(S(N)(=O)=O)c1Cl. The van der Waals surface area contributed by atoms with Crippen LogP contribution >= 0.6 is 27.5 Å². The molecule has 3 N–H and O–H groups in total. The van der Waals surface area contributed by atoms with E-state index in [-0.39, 0.29) is 21.5 Å². The van der Waals surface area contributed by atoms with E-state index in [1.807, 2.05) is 0 Å². The smallest absolute Gasteiger partial charge is 0.253 e. The Labute approximate surface area is 130 Å². The lowest BCUT2D eigenvalue weighted by atomic mass is 10.2. The highest BCUT2D eigenvalue weighted by Gasteiger charge is 2.21. The van der Waals surface area contributed by atoms with Gasteiger partial charge in [0, 0.05) is 17.6 Å². The minimum Gasteiger partial charge on any atom is -0.383 e. The molecule has 0 spiro atoms. The highest BCUT2D eigenvalue weighted by Crippen LogP contribution is 2.29. The van der Waals surface area contributed by atoms with Crippen LogP contribution in [0, 0.1) is 0 Å². The van der Waals surface area contributed by atoms with Crippen LogP contribution in [-0.2, 0) is 14.8 Å². The Morgan fingerprint density at radius 1 is 1.55 bits per heavy atom. The monoisotopic (exact) mass is 384 g/mol. The number of benzene rings is 1. The summed E-state index contributed by atoms with van der Waals surface area (Å²) in [5.74, 6) is -0.509. The van der Waals surface area contributed by atoms with Crippen LogP contribution in [0.3, 0.4) is 0 Å². The number of sulfonamides is 1. The van der Waals surface area contributed by atoms with Gasteiger partial charge in [0.15, 0.2) is 0 Å². The van der Waals surface area contributed by atoms with E-state index in [1.54, 1.807) is 6.92 Å². The van der Waals surface area contributed by atoms with Crippen molar-refractivity contribution in [1.82, 2.24) is 5.32 Å². The van der Waals surface area contributed by atoms with Gasteiger partial charge in [-0.3, -0.25) is 4.79 Å². The zero-order valence-electron chi connectivity index (χ0n) is 10.8.